The van der Waals surface area contributed by atoms with Crippen molar-refractivity contribution in [2.45, 2.75) is 39.3 Å². The van der Waals surface area contributed by atoms with E-state index in [1.165, 1.54) is 11.6 Å². The minimum absolute atomic E-state index is 0.120. The SMILES string of the molecule is CCC(C)c1ccc2cc(OC(=O)C(C)C(F)(F)F)ccc2c1. The number of ether oxygens (including phenoxy) is 1. The number of benzene rings is 2. The normalized spacial score (nSPS) is 14.5. The third-order valence-corrected chi connectivity index (χ3v) is 4.08. The average molecular weight is 324 g/mol. The molecule has 0 amide bonds. The van der Waals surface area contributed by atoms with Crippen molar-refractivity contribution < 1.29 is 22.7 Å². The number of esters is 1. The number of carbonyl (C=O) groups is 1. The van der Waals surface area contributed by atoms with Crippen LogP contribution in [0.2, 0.25) is 0 Å². The maximum atomic E-state index is 12.5. The van der Waals surface area contributed by atoms with Crippen LogP contribution in [0.5, 0.6) is 5.75 Å². The summed E-state index contributed by atoms with van der Waals surface area (Å²) in [6.07, 6.45) is -3.57. The monoisotopic (exact) mass is 324 g/mol. The van der Waals surface area contributed by atoms with Crippen molar-refractivity contribution in [3.05, 3.63) is 42.0 Å². The van der Waals surface area contributed by atoms with Crippen LogP contribution in [0.25, 0.3) is 10.8 Å². The number of rotatable bonds is 4. The minimum Gasteiger partial charge on any atom is -0.426 e. The van der Waals surface area contributed by atoms with Crippen LogP contribution in [0.4, 0.5) is 13.2 Å². The highest BCUT2D eigenvalue weighted by atomic mass is 19.4. The lowest BCUT2D eigenvalue weighted by Crippen LogP contribution is -2.31. The topological polar surface area (TPSA) is 26.3 Å². The molecule has 124 valence electrons. The van der Waals surface area contributed by atoms with Gasteiger partial charge in [-0.05, 0) is 47.7 Å². The van der Waals surface area contributed by atoms with Crippen molar-refractivity contribution in [2.75, 3.05) is 0 Å². The molecular formula is C18H19F3O2. The molecule has 2 atom stereocenters. The van der Waals surface area contributed by atoms with E-state index in [2.05, 4.69) is 13.8 Å². The van der Waals surface area contributed by atoms with Gasteiger partial charge in [0.05, 0.1) is 0 Å². The Kier molecular flexibility index (Phi) is 4.97. The highest BCUT2D eigenvalue weighted by molar-refractivity contribution is 5.85. The van der Waals surface area contributed by atoms with E-state index in [-0.39, 0.29) is 5.75 Å². The van der Waals surface area contributed by atoms with Crippen molar-refractivity contribution >= 4 is 16.7 Å². The molecule has 0 heterocycles. The Morgan fingerprint density at radius 3 is 2.30 bits per heavy atom. The summed E-state index contributed by atoms with van der Waals surface area (Å²) in [5.41, 5.74) is 1.20. The van der Waals surface area contributed by atoms with Gasteiger partial charge in [-0.15, -0.1) is 0 Å². The molecule has 2 nitrogen and oxygen atoms in total. The molecule has 0 spiro atoms. The summed E-state index contributed by atoms with van der Waals surface area (Å²) in [6, 6.07) is 10.8. The van der Waals surface area contributed by atoms with Crippen LogP contribution in [0.1, 0.15) is 38.7 Å². The van der Waals surface area contributed by atoms with Gasteiger partial charge in [-0.1, -0.05) is 38.1 Å². The first-order chi connectivity index (χ1) is 10.7. The first kappa shape index (κ1) is 17.3. The molecule has 0 N–H and O–H groups in total. The second-order valence-electron chi connectivity index (χ2n) is 5.76. The summed E-state index contributed by atoms with van der Waals surface area (Å²) in [5.74, 6) is -2.89. The number of hydrogen-bond acceptors (Lipinski definition) is 2. The fourth-order valence-electron chi connectivity index (χ4n) is 2.19. The fraction of sp³-hybridized carbons (Fsp3) is 0.389. The maximum absolute atomic E-state index is 12.5. The lowest BCUT2D eigenvalue weighted by atomic mass is 9.96. The quantitative estimate of drug-likeness (QED) is 0.551. The molecular weight excluding hydrogens is 305 g/mol. The number of alkyl halides is 3. The maximum Gasteiger partial charge on any atom is 0.401 e. The molecule has 2 unspecified atom stereocenters. The second-order valence-corrected chi connectivity index (χ2v) is 5.76. The highest BCUT2D eigenvalue weighted by Gasteiger charge is 2.42. The summed E-state index contributed by atoms with van der Waals surface area (Å²) in [7, 11) is 0. The Hall–Kier alpha value is -2.04. The van der Waals surface area contributed by atoms with Crippen molar-refractivity contribution in [3.63, 3.8) is 0 Å². The standard InChI is InChI=1S/C18H19F3O2/c1-4-11(2)13-5-6-15-10-16(8-7-14(15)9-13)23-17(22)12(3)18(19,20)21/h5-12H,4H2,1-3H3. The molecule has 2 aromatic carbocycles. The van der Waals surface area contributed by atoms with E-state index in [0.717, 1.165) is 24.1 Å². The number of carbonyl (C=O) groups excluding carboxylic acids is 1. The number of fused-ring (bicyclic) bond motifs is 1. The van der Waals surface area contributed by atoms with Crippen LogP contribution >= 0.6 is 0 Å². The van der Waals surface area contributed by atoms with Gasteiger partial charge in [-0.2, -0.15) is 13.2 Å². The minimum atomic E-state index is -4.60. The third kappa shape index (κ3) is 4.03. The highest BCUT2D eigenvalue weighted by Crippen LogP contribution is 2.29. The molecule has 2 aromatic rings. The Morgan fingerprint density at radius 2 is 1.70 bits per heavy atom. The number of hydrogen-bond donors (Lipinski definition) is 0. The Bertz CT molecular complexity index is 707. The summed E-state index contributed by atoms with van der Waals surface area (Å²) >= 11 is 0. The molecule has 23 heavy (non-hydrogen) atoms. The van der Waals surface area contributed by atoms with Crippen LogP contribution in [-0.4, -0.2) is 12.1 Å². The van der Waals surface area contributed by atoms with Crippen LogP contribution < -0.4 is 4.74 Å². The van der Waals surface area contributed by atoms with E-state index in [4.69, 9.17) is 4.74 Å². The van der Waals surface area contributed by atoms with Gasteiger partial charge in [0.1, 0.15) is 11.7 Å². The first-order valence-electron chi connectivity index (χ1n) is 7.54. The predicted molar refractivity (Wildman–Crippen MR) is 83.5 cm³/mol. The van der Waals surface area contributed by atoms with Crippen LogP contribution in [-0.2, 0) is 4.79 Å². The summed E-state index contributed by atoms with van der Waals surface area (Å²) in [6.45, 7) is 5.04. The Labute approximate surface area is 133 Å². The van der Waals surface area contributed by atoms with Crippen LogP contribution in [0.3, 0.4) is 0 Å². The smallest absolute Gasteiger partial charge is 0.401 e. The van der Waals surface area contributed by atoms with Crippen LogP contribution in [0, 0.1) is 5.92 Å². The zero-order valence-corrected chi connectivity index (χ0v) is 13.3. The van der Waals surface area contributed by atoms with E-state index in [1.807, 2.05) is 18.2 Å². The van der Waals surface area contributed by atoms with E-state index in [1.54, 1.807) is 12.1 Å². The second kappa shape index (κ2) is 6.60. The molecule has 0 aliphatic carbocycles. The molecule has 0 fully saturated rings. The van der Waals surface area contributed by atoms with Crippen LogP contribution in [0.15, 0.2) is 36.4 Å². The lowest BCUT2D eigenvalue weighted by Gasteiger charge is -2.15. The fourth-order valence-corrected chi connectivity index (χ4v) is 2.19. The summed E-state index contributed by atoms with van der Waals surface area (Å²) in [4.78, 5) is 11.5. The molecule has 0 bridgehead atoms. The molecule has 0 saturated carbocycles. The Morgan fingerprint density at radius 1 is 1.09 bits per heavy atom. The van der Waals surface area contributed by atoms with Crippen molar-refractivity contribution in [3.8, 4) is 5.75 Å². The van der Waals surface area contributed by atoms with E-state index >= 15 is 0 Å². The van der Waals surface area contributed by atoms with E-state index in [0.29, 0.717) is 5.92 Å². The van der Waals surface area contributed by atoms with Gasteiger partial charge in [-0.3, -0.25) is 4.79 Å². The van der Waals surface area contributed by atoms with Gasteiger partial charge < -0.3 is 4.74 Å². The molecule has 0 aliphatic heterocycles. The molecule has 2 rings (SSSR count). The van der Waals surface area contributed by atoms with Crippen molar-refractivity contribution in [1.29, 1.82) is 0 Å². The molecule has 0 saturated heterocycles. The van der Waals surface area contributed by atoms with Gasteiger partial charge in [0.15, 0.2) is 0 Å². The molecule has 0 aliphatic rings. The van der Waals surface area contributed by atoms with Gasteiger partial charge in [0, 0.05) is 0 Å². The molecule has 0 aromatic heterocycles. The first-order valence-corrected chi connectivity index (χ1v) is 7.54. The third-order valence-electron chi connectivity index (χ3n) is 4.08. The molecule has 0 radical (unpaired) electrons. The number of halogens is 3. The van der Waals surface area contributed by atoms with Gasteiger partial charge in [0.2, 0.25) is 0 Å². The van der Waals surface area contributed by atoms with E-state index < -0.39 is 18.1 Å². The average Bonchev–Trinajstić information content (AvgIpc) is 2.51. The Balaban J connectivity index is 2.22. The summed E-state index contributed by atoms with van der Waals surface area (Å²) < 4.78 is 42.4. The van der Waals surface area contributed by atoms with Gasteiger partial charge in [-0.25, -0.2) is 0 Å². The largest absolute Gasteiger partial charge is 0.426 e. The molecule has 5 heteroatoms. The van der Waals surface area contributed by atoms with Crippen molar-refractivity contribution in [2.24, 2.45) is 5.92 Å². The zero-order chi connectivity index (χ0) is 17.2. The summed E-state index contributed by atoms with van der Waals surface area (Å²) in [5, 5.41) is 1.79. The lowest BCUT2D eigenvalue weighted by molar-refractivity contribution is -0.187. The van der Waals surface area contributed by atoms with E-state index in [9.17, 15) is 18.0 Å². The van der Waals surface area contributed by atoms with Crippen molar-refractivity contribution in [1.82, 2.24) is 0 Å². The predicted octanol–water partition coefficient (Wildman–Crippen LogP) is 5.46. The zero-order valence-electron chi connectivity index (χ0n) is 13.3. The van der Waals surface area contributed by atoms with Gasteiger partial charge >= 0.3 is 12.1 Å². The van der Waals surface area contributed by atoms with Gasteiger partial charge in [0.25, 0.3) is 0 Å².